The number of carbonyl (C=O) groups excluding carboxylic acids is 3. The van der Waals surface area contributed by atoms with Crippen molar-refractivity contribution in [2.45, 2.75) is 0 Å². The summed E-state index contributed by atoms with van der Waals surface area (Å²) in [6, 6.07) is 11.3. The highest BCUT2D eigenvalue weighted by Crippen LogP contribution is 2.28. The van der Waals surface area contributed by atoms with Crippen LogP contribution >= 0.6 is 0 Å². The van der Waals surface area contributed by atoms with Crippen molar-refractivity contribution in [1.82, 2.24) is 9.80 Å². The highest BCUT2D eigenvalue weighted by Gasteiger charge is 2.31. The van der Waals surface area contributed by atoms with Crippen LogP contribution in [0.3, 0.4) is 0 Å². The first-order chi connectivity index (χ1) is 13.5. The average Bonchev–Trinajstić information content (AvgIpc) is 2.71. The van der Waals surface area contributed by atoms with E-state index in [-0.39, 0.29) is 28.9 Å². The van der Waals surface area contributed by atoms with E-state index < -0.39 is 10.7 Å². The molecule has 1 aliphatic heterocycles. The van der Waals surface area contributed by atoms with Gasteiger partial charge in [-0.1, -0.05) is 24.3 Å². The summed E-state index contributed by atoms with van der Waals surface area (Å²) in [5.41, 5.74) is 1.64. The summed E-state index contributed by atoms with van der Waals surface area (Å²) in [5.74, 6) is -0.715. The molecule has 144 valence electrons. The van der Waals surface area contributed by atoms with E-state index >= 15 is 0 Å². The van der Waals surface area contributed by atoms with E-state index in [1.807, 2.05) is 0 Å². The van der Waals surface area contributed by atoms with Gasteiger partial charge in [-0.15, -0.1) is 0 Å². The van der Waals surface area contributed by atoms with Crippen LogP contribution in [0, 0.1) is 0 Å². The van der Waals surface area contributed by atoms with Gasteiger partial charge in [0.2, 0.25) is 0 Å². The van der Waals surface area contributed by atoms with Crippen LogP contribution < -0.4 is 0 Å². The lowest BCUT2D eigenvalue weighted by Crippen LogP contribution is -2.49. The van der Waals surface area contributed by atoms with Crippen molar-refractivity contribution in [2.24, 2.45) is 0 Å². The lowest BCUT2D eigenvalue weighted by atomic mass is 9.83. The average molecular weight is 398 g/mol. The van der Waals surface area contributed by atoms with Crippen molar-refractivity contribution >= 4 is 28.2 Å². The van der Waals surface area contributed by atoms with Gasteiger partial charge in [-0.25, -0.2) is 8.42 Å². The van der Waals surface area contributed by atoms with E-state index in [4.69, 9.17) is 0 Å². The molecule has 0 N–H and O–H groups in total. The number of ketones is 2. The second-order valence-electron chi connectivity index (χ2n) is 6.85. The van der Waals surface area contributed by atoms with Crippen LogP contribution in [0.1, 0.15) is 42.2 Å². The Balaban J connectivity index is 1.57. The third-order valence-corrected chi connectivity index (χ3v) is 5.78. The number of rotatable bonds is 3. The van der Waals surface area contributed by atoms with E-state index in [1.165, 1.54) is 12.1 Å². The van der Waals surface area contributed by atoms with E-state index in [2.05, 4.69) is 0 Å². The molecule has 1 saturated heterocycles. The number of thiol groups is 1. The van der Waals surface area contributed by atoms with Crippen molar-refractivity contribution in [2.75, 3.05) is 32.1 Å². The maximum Gasteiger partial charge on any atom is 0.253 e. The Morgan fingerprint density at radius 2 is 1.39 bits per heavy atom. The molecule has 1 fully saturated rings. The minimum atomic E-state index is -2.48. The minimum absolute atomic E-state index is 0.00771. The second-order valence-corrected chi connectivity index (χ2v) is 7.80. The molecule has 1 aliphatic carbocycles. The third kappa shape index (κ3) is 3.25. The van der Waals surface area contributed by atoms with Gasteiger partial charge in [0.05, 0.1) is 5.88 Å². The highest BCUT2D eigenvalue weighted by molar-refractivity contribution is 7.72. The Morgan fingerprint density at radius 1 is 0.821 bits per heavy atom. The Morgan fingerprint density at radius 3 is 2.00 bits per heavy atom. The van der Waals surface area contributed by atoms with E-state index in [1.54, 1.807) is 40.1 Å². The summed E-state index contributed by atoms with van der Waals surface area (Å²) in [4.78, 5) is 41.7. The van der Waals surface area contributed by atoms with Gasteiger partial charge in [0.1, 0.15) is 0 Å². The molecule has 1 amide bonds. The van der Waals surface area contributed by atoms with Gasteiger partial charge in [-0.2, -0.15) is 0 Å². The van der Waals surface area contributed by atoms with E-state index in [9.17, 15) is 22.8 Å². The van der Waals surface area contributed by atoms with Gasteiger partial charge in [-0.05, 0) is 18.2 Å². The third-order valence-electron chi connectivity index (χ3n) is 5.15. The number of piperazine rings is 1. The zero-order valence-electron chi connectivity index (χ0n) is 15.0. The Hall–Kier alpha value is -2.84. The molecule has 2 aliphatic rings. The molecule has 0 bridgehead atoms. The fourth-order valence-electron chi connectivity index (χ4n) is 3.67. The number of carbonyl (C=O) groups is 3. The molecule has 2 aromatic carbocycles. The molecule has 0 atom stereocenters. The van der Waals surface area contributed by atoms with Crippen LogP contribution in [0.15, 0.2) is 42.5 Å². The first-order valence-electron chi connectivity index (χ1n) is 8.91. The summed E-state index contributed by atoms with van der Waals surface area (Å²) >= 11 is 0. The van der Waals surface area contributed by atoms with Gasteiger partial charge >= 0.3 is 0 Å². The largest absolute Gasteiger partial charge is 0.336 e. The molecule has 0 radical (unpaired) electrons. The Bertz CT molecular complexity index is 1060. The van der Waals surface area contributed by atoms with Crippen LogP contribution in [0.4, 0.5) is 0 Å². The lowest BCUT2D eigenvalue weighted by molar-refractivity contribution is 0.0657. The van der Waals surface area contributed by atoms with Gasteiger partial charge in [0.25, 0.3) is 5.91 Å². The quantitative estimate of drug-likeness (QED) is 0.656. The molecule has 0 saturated carbocycles. The first-order valence-corrected chi connectivity index (χ1v) is 10.3. The van der Waals surface area contributed by atoms with Crippen LogP contribution in [0.25, 0.3) is 0 Å². The zero-order valence-corrected chi connectivity index (χ0v) is 15.9. The van der Waals surface area contributed by atoms with Crippen LogP contribution in [-0.4, -0.2) is 67.7 Å². The molecular formula is C20H18N2O5S. The minimum Gasteiger partial charge on any atom is -0.336 e. The summed E-state index contributed by atoms with van der Waals surface area (Å²) < 4.78 is 21.7. The topological polar surface area (TPSA) is 91.8 Å². The lowest BCUT2D eigenvalue weighted by Gasteiger charge is -2.33. The molecule has 28 heavy (non-hydrogen) atoms. The standard InChI is InChI=1S/C20H18N2O5S/c23-18-14-3-1-2-4-15(14)19(24)17-11-13(5-6-16(17)18)20(25)22-9-7-21(8-10-22)12-28(26)27/h1-6,11,28H,7-10,12H2. The molecule has 1 heterocycles. The van der Waals surface area contributed by atoms with Crippen molar-refractivity contribution in [3.8, 4) is 0 Å². The molecule has 2 aromatic rings. The van der Waals surface area contributed by atoms with Crippen LogP contribution in [0.5, 0.6) is 0 Å². The molecule has 0 spiro atoms. The number of fused-ring (bicyclic) bond motifs is 2. The number of nitrogens with zero attached hydrogens (tertiary/aromatic N) is 2. The van der Waals surface area contributed by atoms with Gasteiger partial charge < -0.3 is 4.90 Å². The predicted molar refractivity (Wildman–Crippen MR) is 102 cm³/mol. The van der Waals surface area contributed by atoms with Gasteiger partial charge in [-0.3, -0.25) is 19.3 Å². The van der Waals surface area contributed by atoms with Gasteiger partial charge in [0.15, 0.2) is 22.3 Å². The number of amides is 1. The molecular weight excluding hydrogens is 380 g/mol. The van der Waals surface area contributed by atoms with Gasteiger partial charge in [0, 0.05) is 54.0 Å². The van der Waals surface area contributed by atoms with Crippen molar-refractivity contribution in [3.05, 3.63) is 70.3 Å². The molecule has 7 nitrogen and oxygen atoms in total. The first kappa shape index (κ1) is 18.5. The van der Waals surface area contributed by atoms with E-state index in [0.29, 0.717) is 48.4 Å². The predicted octanol–water partition coefficient (Wildman–Crippen LogP) is 0.789. The highest BCUT2D eigenvalue weighted by atomic mass is 32.2. The Labute approximate surface area is 163 Å². The Kier molecular flexibility index (Phi) is 4.82. The normalized spacial score (nSPS) is 16.8. The maximum atomic E-state index is 12.8. The number of benzene rings is 2. The fourth-order valence-corrected chi connectivity index (χ4v) is 4.28. The summed E-state index contributed by atoms with van der Waals surface area (Å²) in [7, 11) is -2.48. The number of hydrogen-bond donors (Lipinski definition) is 1. The SMILES string of the molecule is O=C1c2ccccc2C(=O)c2cc(C(=O)N3CCN(C[SH](=O)=O)CC3)ccc21. The molecule has 0 unspecified atom stereocenters. The summed E-state index contributed by atoms with van der Waals surface area (Å²) in [5, 5.41) is 0. The zero-order chi connectivity index (χ0) is 19.8. The van der Waals surface area contributed by atoms with Crippen molar-refractivity contribution < 1.29 is 22.8 Å². The summed E-state index contributed by atoms with van der Waals surface area (Å²) in [6.45, 7) is 1.78. The summed E-state index contributed by atoms with van der Waals surface area (Å²) in [6.07, 6.45) is 0. The molecule has 4 rings (SSSR count). The molecule has 0 aromatic heterocycles. The number of hydrogen-bond acceptors (Lipinski definition) is 6. The monoisotopic (exact) mass is 398 g/mol. The molecule has 8 heteroatoms. The second kappa shape index (κ2) is 7.29. The van der Waals surface area contributed by atoms with Crippen LogP contribution in [-0.2, 0) is 10.7 Å². The maximum absolute atomic E-state index is 12.8. The van der Waals surface area contributed by atoms with E-state index in [0.717, 1.165) is 0 Å². The van der Waals surface area contributed by atoms with Crippen LogP contribution in [0.2, 0.25) is 0 Å². The van der Waals surface area contributed by atoms with Crippen molar-refractivity contribution in [1.29, 1.82) is 0 Å². The van der Waals surface area contributed by atoms with Crippen molar-refractivity contribution in [3.63, 3.8) is 0 Å². The smallest absolute Gasteiger partial charge is 0.253 e. The fraction of sp³-hybridized carbons (Fsp3) is 0.250.